The first-order chi connectivity index (χ1) is 26.9. The third-order valence-electron chi connectivity index (χ3n) is 11.0. The molecule has 0 bridgehead atoms. The third kappa shape index (κ3) is 43.4. The average Bonchev–Trinajstić information content (AvgIpc) is 3.17. The van der Waals surface area contributed by atoms with Crippen molar-refractivity contribution in [3.05, 3.63) is 0 Å². The van der Waals surface area contributed by atoms with Gasteiger partial charge in [0, 0.05) is 19.3 Å². The summed E-state index contributed by atoms with van der Waals surface area (Å²) in [6.45, 7) is 8.94. The Balaban J connectivity index is 4.25. The molecule has 0 heterocycles. The summed E-state index contributed by atoms with van der Waals surface area (Å²) in [5.41, 5.74) is 0. The molecule has 0 amide bonds. The molecule has 0 unspecified atom stereocenters. The fraction of sp³-hybridized carbons (Fsp3) is 0.939. The summed E-state index contributed by atoms with van der Waals surface area (Å²) in [4.78, 5) is 37.7. The summed E-state index contributed by atoms with van der Waals surface area (Å²) in [6.07, 6.45) is 43.8. The van der Waals surface area contributed by atoms with Gasteiger partial charge in [0.25, 0.3) is 0 Å². The van der Waals surface area contributed by atoms with Crippen molar-refractivity contribution in [1.29, 1.82) is 0 Å². The Hall–Kier alpha value is -1.59. The highest BCUT2D eigenvalue weighted by atomic mass is 16.6. The second kappa shape index (κ2) is 43.5. The second-order valence-corrected chi connectivity index (χ2v) is 17.2. The summed E-state index contributed by atoms with van der Waals surface area (Å²) in [5, 5.41) is 0. The summed E-state index contributed by atoms with van der Waals surface area (Å²) in [6, 6.07) is 0. The molecule has 0 aliphatic rings. The van der Waals surface area contributed by atoms with E-state index in [9.17, 15) is 14.4 Å². The quantitative estimate of drug-likeness (QED) is 0.0348. The minimum atomic E-state index is -0.760. The largest absolute Gasteiger partial charge is 0.462 e. The standard InChI is InChI=1S/C49H94O6/c1-5-7-9-11-13-15-17-19-20-21-22-24-26-28-33-37-41-48(51)54-44-46(55-49(52)42-38-34-30-29-31-35-39-45(3)4)43-53-47(50)40-36-32-27-25-23-18-16-14-12-10-8-6-2/h45-46H,5-44H2,1-4H3/t46-/m1/s1. The van der Waals surface area contributed by atoms with Crippen LogP contribution in [-0.4, -0.2) is 37.2 Å². The van der Waals surface area contributed by atoms with Crippen LogP contribution in [0.5, 0.6) is 0 Å². The van der Waals surface area contributed by atoms with E-state index in [1.807, 2.05) is 0 Å². The Morgan fingerprint density at radius 1 is 0.345 bits per heavy atom. The van der Waals surface area contributed by atoms with Crippen LogP contribution in [0.1, 0.15) is 272 Å². The zero-order chi connectivity index (χ0) is 40.3. The second-order valence-electron chi connectivity index (χ2n) is 17.2. The molecule has 0 aliphatic heterocycles. The van der Waals surface area contributed by atoms with Crippen molar-refractivity contribution in [2.45, 2.75) is 278 Å². The molecule has 6 heteroatoms. The van der Waals surface area contributed by atoms with Crippen LogP contribution >= 0.6 is 0 Å². The SMILES string of the molecule is CCCCCCCCCCCCCCCCCCC(=O)OC[C@@H](COC(=O)CCCCCCCCCCCCCC)OC(=O)CCCCCCCCC(C)C. The molecule has 6 nitrogen and oxygen atoms in total. The van der Waals surface area contributed by atoms with Crippen LogP contribution in [-0.2, 0) is 28.6 Å². The zero-order valence-corrected chi connectivity index (χ0v) is 37.4. The average molecular weight is 779 g/mol. The number of hydrogen-bond donors (Lipinski definition) is 0. The number of carbonyl (C=O) groups excluding carboxylic acids is 3. The van der Waals surface area contributed by atoms with Gasteiger partial charge >= 0.3 is 17.9 Å². The molecule has 0 aliphatic carbocycles. The van der Waals surface area contributed by atoms with Crippen molar-refractivity contribution in [2.24, 2.45) is 5.92 Å². The van der Waals surface area contributed by atoms with Gasteiger partial charge in [0.2, 0.25) is 0 Å². The van der Waals surface area contributed by atoms with Gasteiger partial charge in [-0.3, -0.25) is 14.4 Å². The highest BCUT2D eigenvalue weighted by molar-refractivity contribution is 5.71. The van der Waals surface area contributed by atoms with Gasteiger partial charge in [-0.1, -0.05) is 233 Å². The van der Waals surface area contributed by atoms with E-state index in [1.54, 1.807) is 0 Å². The fourth-order valence-electron chi connectivity index (χ4n) is 7.33. The maximum atomic E-state index is 12.7. The summed E-state index contributed by atoms with van der Waals surface area (Å²) >= 11 is 0. The van der Waals surface area contributed by atoms with Gasteiger partial charge in [0.05, 0.1) is 0 Å². The Kier molecular flexibility index (Phi) is 42.3. The van der Waals surface area contributed by atoms with Crippen molar-refractivity contribution < 1.29 is 28.6 Å². The van der Waals surface area contributed by atoms with Crippen LogP contribution < -0.4 is 0 Å². The Morgan fingerprint density at radius 3 is 0.891 bits per heavy atom. The van der Waals surface area contributed by atoms with E-state index in [0.717, 1.165) is 63.7 Å². The molecule has 0 rings (SSSR count). The molecule has 0 N–H and O–H groups in total. The van der Waals surface area contributed by atoms with Crippen LogP contribution in [0.3, 0.4) is 0 Å². The van der Waals surface area contributed by atoms with Gasteiger partial charge in [-0.2, -0.15) is 0 Å². The van der Waals surface area contributed by atoms with Crippen molar-refractivity contribution in [2.75, 3.05) is 13.2 Å². The number of hydrogen-bond acceptors (Lipinski definition) is 6. The molecule has 0 aromatic heterocycles. The van der Waals surface area contributed by atoms with Gasteiger partial charge in [0.15, 0.2) is 6.10 Å². The molecule has 0 aromatic carbocycles. The lowest BCUT2D eigenvalue weighted by Crippen LogP contribution is -2.30. The fourth-order valence-corrected chi connectivity index (χ4v) is 7.33. The Morgan fingerprint density at radius 2 is 0.600 bits per heavy atom. The third-order valence-corrected chi connectivity index (χ3v) is 11.0. The maximum absolute atomic E-state index is 12.7. The first-order valence-electron chi connectivity index (χ1n) is 24.4. The number of unbranched alkanes of at least 4 members (excludes halogenated alkanes) is 31. The molecule has 326 valence electrons. The van der Waals surface area contributed by atoms with E-state index < -0.39 is 6.10 Å². The summed E-state index contributed by atoms with van der Waals surface area (Å²) < 4.78 is 16.7. The highest BCUT2D eigenvalue weighted by Gasteiger charge is 2.19. The first kappa shape index (κ1) is 53.4. The number of rotatable bonds is 44. The highest BCUT2D eigenvalue weighted by Crippen LogP contribution is 2.16. The lowest BCUT2D eigenvalue weighted by molar-refractivity contribution is -0.167. The van der Waals surface area contributed by atoms with Crippen LogP contribution in [0.4, 0.5) is 0 Å². The maximum Gasteiger partial charge on any atom is 0.306 e. The van der Waals surface area contributed by atoms with E-state index in [0.29, 0.717) is 19.3 Å². The topological polar surface area (TPSA) is 78.9 Å². The minimum absolute atomic E-state index is 0.0643. The van der Waals surface area contributed by atoms with Crippen LogP contribution in [0.25, 0.3) is 0 Å². The minimum Gasteiger partial charge on any atom is -0.462 e. The number of ether oxygens (including phenoxy) is 3. The van der Waals surface area contributed by atoms with Crippen molar-refractivity contribution in [3.63, 3.8) is 0 Å². The molecule has 1 atom stereocenters. The number of esters is 3. The molecular weight excluding hydrogens is 685 g/mol. The van der Waals surface area contributed by atoms with Gasteiger partial charge in [-0.25, -0.2) is 0 Å². The Bertz CT molecular complexity index is 826. The molecular formula is C49H94O6. The number of carbonyl (C=O) groups is 3. The molecule has 0 fully saturated rings. The van der Waals surface area contributed by atoms with Crippen molar-refractivity contribution in [3.8, 4) is 0 Å². The van der Waals surface area contributed by atoms with Gasteiger partial charge in [-0.15, -0.1) is 0 Å². The normalized spacial score (nSPS) is 11.9. The molecule has 0 radical (unpaired) electrons. The van der Waals surface area contributed by atoms with E-state index in [2.05, 4.69) is 27.7 Å². The predicted molar refractivity (Wildman–Crippen MR) is 233 cm³/mol. The van der Waals surface area contributed by atoms with Crippen LogP contribution in [0.15, 0.2) is 0 Å². The smallest absolute Gasteiger partial charge is 0.306 e. The molecule has 0 saturated carbocycles. The zero-order valence-electron chi connectivity index (χ0n) is 37.4. The van der Waals surface area contributed by atoms with E-state index in [4.69, 9.17) is 14.2 Å². The Labute approximate surface area is 342 Å². The molecule has 0 spiro atoms. The van der Waals surface area contributed by atoms with Crippen molar-refractivity contribution >= 4 is 17.9 Å². The van der Waals surface area contributed by atoms with Gasteiger partial charge < -0.3 is 14.2 Å². The van der Waals surface area contributed by atoms with Crippen molar-refractivity contribution in [1.82, 2.24) is 0 Å². The lowest BCUT2D eigenvalue weighted by atomic mass is 10.0. The summed E-state index contributed by atoms with van der Waals surface area (Å²) in [5.74, 6) is -0.0955. The predicted octanol–water partition coefficient (Wildman–Crippen LogP) is 15.5. The van der Waals surface area contributed by atoms with E-state index >= 15 is 0 Å². The first-order valence-corrected chi connectivity index (χ1v) is 24.4. The summed E-state index contributed by atoms with van der Waals surface area (Å²) in [7, 11) is 0. The van der Waals surface area contributed by atoms with Crippen LogP contribution in [0.2, 0.25) is 0 Å². The van der Waals surface area contributed by atoms with E-state index in [-0.39, 0.29) is 31.1 Å². The van der Waals surface area contributed by atoms with Gasteiger partial charge in [0.1, 0.15) is 13.2 Å². The van der Waals surface area contributed by atoms with Gasteiger partial charge in [-0.05, 0) is 25.2 Å². The van der Waals surface area contributed by atoms with E-state index in [1.165, 1.54) is 167 Å². The monoisotopic (exact) mass is 779 g/mol. The molecule has 55 heavy (non-hydrogen) atoms. The molecule has 0 aromatic rings. The molecule has 0 saturated heterocycles. The lowest BCUT2D eigenvalue weighted by Gasteiger charge is -2.18. The van der Waals surface area contributed by atoms with Crippen LogP contribution in [0, 0.1) is 5.92 Å².